The molecular formula is C21H20N2O2. The van der Waals surface area contributed by atoms with E-state index in [0.29, 0.717) is 12.1 Å². The van der Waals surface area contributed by atoms with Crippen LogP contribution in [-0.2, 0) is 0 Å². The number of Topliss-reactive ketones (excluding diaryl/α,β-unsaturated/α-hetero) is 1. The van der Waals surface area contributed by atoms with E-state index in [2.05, 4.69) is 34.2 Å². The molecule has 0 radical (unpaired) electrons. The van der Waals surface area contributed by atoms with Crippen molar-refractivity contribution in [1.29, 1.82) is 0 Å². The second-order valence-corrected chi connectivity index (χ2v) is 6.16. The fraction of sp³-hybridized carbons (Fsp3) is 0.190. The van der Waals surface area contributed by atoms with Gasteiger partial charge in [0.2, 0.25) is 0 Å². The van der Waals surface area contributed by atoms with Gasteiger partial charge in [0.15, 0.2) is 5.78 Å². The van der Waals surface area contributed by atoms with Gasteiger partial charge in [0.05, 0.1) is 19.4 Å². The number of carbonyl (C=O) groups is 1. The Morgan fingerprint density at radius 1 is 1.08 bits per heavy atom. The molecule has 0 aromatic heterocycles. The summed E-state index contributed by atoms with van der Waals surface area (Å²) in [6.45, 7) is 1.30. The first kappa shape index (κ1) is 15.5. The molecule has 0 aliphatic carbocycles. The normalized spacial score (nSPS) is 15.7. The van der Waals surface area contributed by atoms with Gasteiger partial charge < -0.3 is 14.5 Å². The monoisotopic (exact) mass is 332 g/mol. The van der Waals surface area contributed by atoms with E-state index in [1.54, 1.807) is 7.11 Å². The number of ketones is 1. The lowest BCUT2D eigenvalue weighted by molar-refractivity contribution is 0.0963. The van der Waals surface area contributed by atoms with Gasteiger partial charge in [-0.1, -0.05) is 30.3 Å². The third-order valence-corrected chi connectivity index (χ3v) is 4.61. The summed E-state index contributed by atoms with van der Waals surface area (Å²) < 4.78 is 5.16. The third kappa shape index (κ3) is 2.91. The largest absolute Gasteiger partial charge is 0.497 e. The van der Waals surface area contributed by atoms with Crippen LogP contribution >= 0.6 is 0 Å². The Morgan fingerprint density at radius 3 is 2.56 bits per heavy atom. The molecule has 0 fully saturated rings. The summed E-state index contributed by atoms with van der Waals surface area (Å²) in [6.07, 6.45) is 5.29. The molecule has 0 atom stereocenters. The van der Waals surface area contributed by atoms with Crippen LogP contribution in [0.4, 0.5) is 0 Å². The Balaban J connectivity index is 1.57. The Labute approximate surface area is 147 Å². The van der Waals surface area contributed by atoms with Crippen LogP contribution in [0.5, 0.6) is 5.75 Å². The fourth-order valence-electron chi connectivity index (χ4n) is 3.34. The Bertz CT molecular complexity index is 838. The third-order valence-electron chi connectivity index (χ3n) is 4.61. The van der Waals surface area contributed by atoms with Crippen molar-refractivity contribution >= 4 is 11.5 Å². The maximum atomic E-state index is 12.7. The quantitative estimate of drug-likeness (QED) is 0.781. The standard InChI is InChI=1S/C21H20N2O2/c1-25-18-11-9-17(10-12-18)20(24)15-22-14-19(16-6-3-2-4-7-16)23-13-5-8-21(22)23/h2-4,6-12,14H,5,13,15H2,1H3. The molecule has 4 nitrogen and oxygen atoms in total. The van der Waals surface area contributed by atoms with E-state index in [0.717, 1.165) is 30.2 Å². The average Bonchev–Trinajstić information content (AvgIpc) is 3.26. The molecule has 0 bridgehead atoms. The highest BCUT2D eigenvalue weighted by Gasteiger charge is 2.31. The second-order valence-electron chi connectivity index (χ2n) is 6.16. The van der Waals surface area contributed by atoms with Gasteiger partial charge >= 0.3 is 0 Å². The number of fused-ring (bicyclic) bond motifs is 1. The van der Waals surface area contributed by atoms with Crippen LogP contribution in [0.15, 0.2) is 72.7 Å². The molecule has 25 heavy (non-hydrogen) atoms. The van der Waals surface area contributed by atoms with E-state index in [-0.39, 0.29) is 5.78 Å². The molecule has 126 valence electrons. The number of carbonyl (C=O) groups excluding carboxylic acids is 1. The minimum atomic E-state index is 0.0981. The van der Waals surface area contributed by atoms with Crippen LogP contribution in [0.2, 0.25) is 0 Å². The van der Waals surface area contributed by atoms with Gasteiger partial charge in [0.1, 0.15) is 11.6 Å². The highest BCUT2D eigenvalue weighted by atomic mass is 16.5. The van der Waals surface area contributed by atoms with Gasteiger partial charge in [-0.3, -0.25) is 4.79 Å². The Kier molecular flexibility index (Phi) is 4.02. The van der Waals surface area contributed by atoms with E-state index in [1.807, 2.05) is 42.5 Å². The molecule has 2 aliphatic rings. The van der Waals surface area contributed by atoms with Crippen molar-refractivity contribution < 1.29 is 9.53 Å². The molecule has 2 aliphatic heterocycles. The van der Waals surface area contributed by atoms with Crippen molar-refractivity contribution in [3.8, 4) is 5.75 Å². The number of hydrogen-bond acceptors (Lipinski definition) is 4. The molecule has 2 aromatic carbocycles. The zero-order valence-electron chi connectivity index (χ0n) is 14.2. The van der Waals surface area contributed by atoms with Crippen LogP contribution in [0.1, 0.15) is 22.3 Å². The lowest BCUT2D eigenvalue weighted by Gasteiger charge is -2.22. The predicted molar refractivity (Wildman–Crippen MR) is 97.9 cm³/mol. The van der Waals surface area contributed by atoms with Crippen LogP contribution in [-0.4, -0.2) is 35.8 Å². The van der Waals surface area contributed by atoms with Gasteiger partial charge in [0, 0.05) is 18.3 Å². The van der Waals surface area contributed by atoms with Crippen molar-refractivity contribution in [2.75, 3.05) is 20.2 Å². The first-order valence-corrected chi connectivity index (χ1v) is 8.45. The lowest BCUT2D eigenvalue weighted by atomic mass is 10.1. The molecule has 0 spiro atoms. The van der Waals surface area contributed by atoms with Crippen molar-refractivity contribution in [2.45, 2.75) is 6.42 Å². The number of benzene rings is 2. The molecule has 0 unspecified atom stereocenters. The molecule has 0 saturated carbocycles. The fourth-order valence-corrected chi connectivity index (χ4v) is 3.34. The van der Waals surface area contributed by atoms with Crippen molar-refractivity contribution in [3.63, 3.8) is 0 Å². The molecule has 4 rings (SSSR count). The zero-order chi connectivity index (χ0) is 17.2. The summed E-state index contributed by atoms with van der Waals surface area (Å²) in [7, 11) is 1.62. The van der Waals surface area contributed by atoms with E-state index in [1.165, 1.54) is 5.56 Å². The first-order chi connectivity index (χ1) is 12.3. The maximum absolute atomic E-state index is 12.7. The van der Waals surface area contributed by atoms with E-state index in [4.69, 9.17) is 4.74 Å². The predicted octanol–water partition coefficient (Wildman–Crippen LogP) is 3.74. The molecule has 0 saturated heterocycles. The maximum Gasteiger partial charge on any atom is 0.182 e. The highest BCUT2D eigenvalue weighted by molar-refractivity contribution is 5.98. The summed E-state index contributed by atoms with van der Waals surface area (Å²) in [4.78, 5) is 17.0. The van der Waals surface area contributed by atoms with E-state index < -0.39 is 0 Å². The average molecular weight is 332 g/mol. The Hall–Kier alpha value is -3.01. The summed E-state index contributed by atoms with van der Waals surface area (Å²) >= 11 is 0. The van der Waals surface area contributed by atoms with E-state index >= 15 is 0 Å². The zero-order valence-corrected chi connectivity index (χ0v) is 14.2. The summed E-state index contributed by atoms with van der Waals surface area (Å²) in [5.74, 6) is 1.97. The molecule has 4 heteroatoms. The van der Waals surface area contributed by atoms with Crippen LogP contribution in [0.3, 0.4) is 0 Å². The number of hydrogen-bond donors (Lipinski definition) is 0. The molecule has 0 amide bonds. The number of ether oxygens (including phenoxy) is 1. The van der Waals surface area contributed by atoms with Crippen LogP contribution in [0, 0.1) is 0 Å². The molecular weight excluding hydrogens is 312 g/mol. The smallest absolute Gasteiger partial charge is 0.182 e. The SMILES string of the molecule is COc1ccc(C(=O)CN2C=C(c3ccccc3)N3CCC=C23)cc1. The molecule has 0 N–H and O–H groups in total. The summed E-state index contributed by atoms with van der Waals surface area (Å²) in [6, 6.07) is 17.6. The van der Waals surface area contributed by atoms with Crippen LogP contribution in [0.25, 0.3) is 5.70 Å². The van der Waals surface area contributed by atoms with Gasteiger partial charge in [0.25, 0.3) is 0 Å². The van der Waals surface area contributed by atoms with Gasteiger partial charge in [-0.2, -0.15) is 0 Å². The second kappa shape index (κ2) is 6.48. The van der Waals surface area contributed by atoms with Gasteiger partial charge in [-0.25, -0.2) is 0 Å². The first-order valence-electron chi connectivity index (χ1n) is 8.45. The molecule has 2 heterocycles. The minimum Gasteiger partial charge on any atom is -0.497 e. The van der Waals surface area contributed by atoms with Crippen molar-refractivity contribution in [1.82, 2.24) is 9.80 Å². The van der Waals surface area contributed by atoms with Crippen LogP contribution < -0.4 is 4.74 Å². The Morgan fingerprint density at radius 2 is 1.84 bits per heavy atom. The number of rotatable bonds is 5. The number of nitrogens with zero attached hydrogens (tertiary/aromatic N) is 2. The number of methoxy groups -OCH3 is 1. The van der Waals surface area contributed by atoms with Gasteiger partial charge in [-0.15, -0.1) is 0 Å². The summed E-state index contributed by atoms with van der Waals surface area (Å²) in [5, 5.41) is 0. The summed E-state index contributed by atoms with van der Waals surface area (Å²) in [5.41, 5.74) is 3.04. The molecule has 2 aromatic rings. The van der Waals surface area contributed by atoms with E-state index in [9.17, 15) is 4.79 Å². The topological polar surface area (TPSA) is 32.8 Å². The van der Waals surface area contributed by atoms with Crippen molar-refractivity contribution in [3.05, 3.63) is 83.8 Å². The lowest BCUT2D eigenvalue weighted by Crippen LogP contribution is -2.26. The highest BCUT2D eigenvalue weighted by Crippen LogP contribution is 2.36. The minimum absolute atomic E-state index is 0.0981. The van der Waals surface area contributed by atoms with Gasteiger partial charge in [-0.05, 0) is 42.3 Å². The van der Waals surface area contributed by atoms with Crippen molar-refractivity contribution in [2.24, 2.45) is 0 Å².